The minimum absolute atomic E-state index is 0.106. The zero-order valence-electron chi connectivity index (χ0n) is 10.9. The van der Waals surface area contributed by atoms with Crippen LogP contribution in [0.5, 0.6) is 11.5 Å². The molecule has 2 aromatic carbocycles. The van der Waals surface area contributed by atoms with E-state index >= 15 is 0 Å². The quantitative estimate of drug-likeness (QED) is 0.860. The summed E-state index contributed by atoms with van der Waals surface area (Å²) in [4.78, 5) is 0.106. The van der Waals surface area contributed by atoms with Crippen LogP contribution in [0.4, 0.5) is 4.39 Å². The van der Waals surface area contributed by atoms with E-state index in [1.807, 2.05) is 24.3 Å². The first-order chi connectivity index (χ1) is 9.60. The Morgan fingerprint density at radius 2 is 1.90 bits per heavy atom. The minimum atomic E-state index is -0.399. The Morgan fingerprint density at radius 1 is 1.20 bits per heavy atom. The van der Waals surface area contributed by atoms with Gasteiger partial charge in [-0.05, 0) is 35.9 Å². The molecule has 0 radical (unpaired) electrons. The second-order valence-electron chi connectivity index (χ2n) is 4.14. The number of hydrogen-bond donors (Lipinski definition) is 1. The fourth-order valence-corrected chi connectivity index (χ4v) is 1.86. The largest absolute Gasteiger partial charge is 0.497 e. The zero-order chi connectivity index (χ0) is 14.5. The van der Waals surface area contributed by atoms with Gasteiger partial charge in [-0.25, -0.2) is 4.39 Å². The molecular weight excluding hydrogens is 277 g/mol. The molecule has 3 nitrogen and oxygen atoms in total. The summed E-state index contributed by atoms with van der Waals surface area (Å²) in [6.45, 7) is 0.339. The average Bonchev–Trinajstić information content (AvgIpc) is 2.46. The Labute approximate surface area is 122 Å². The number of nitrogens with two attached hydrogens (primary N) is 1. The molecule has 0 bridgehead atoms. The summed E-state index contributed by atoms with van der Waals surface area (Å²) in [5.41, 5.74) is 6.92. The first-order valence-electron chi connectivity index (χ1n) is 5.95. The highest BCUT2D eigenvalue weighted by Crippen LogP contribution is 2.21. The number of hydrogen-bond acceptors (Lipinski definition) is 3. The normalized spacial score (nSPS) is 10.1. The van der Waals surface area contributed by atoms with Crippen molar-refractivity contribution < 1.29 is 13.9 Å². The maximum Gasteiger partial charge on any atom is 0.130 e. The molecule has 104 valence electrons. The molecule has 5 heteroatoms. The molecule has 0 aromatic heterocycles. The van der Waals surface area contributed by atoms with Gasteiger partial charge in [0, 0.05) is 0 Å². The fourth-order valence-electron chi connectivity index (χ4n) is 1.70. The van der Waals surface area contributed by atoms with Gasteiger partial charge in [-0.15, -0.1) is 0 Å². The highest BCUT2D eigenvalue weighted by Gasteiger charge is 2.08. The summed E-state index contributed by atoms with van der Waals surface area (Å²) < 4.78 is 23.9. The molecule has 0 saturated carbocycles. The number of rotatable bonds is 5. The Hall–Kier alpha value is -2.14. The zero-order valence-corrected chi connectivity index (χ0v) is 11.7. The Kier molecular flexibility index (Phi) is 4.53. The van der Waals surface area contributed by atoms with Crippen molar-refractivity contribution in [3.8, 4) is 11.5 Å². The van der Waals surface area contributed by atoms with Crippen molar-refractivity contribution in [1.82, 2.24) is 0 Å². The predicted molar refractivity (Wildman–Crippen MR) is 79.6 cm³/mol. The van der Waals surface area contributed by atoms with Crippen LogP contribution in [0.1, 0.15) is 11.1 Å². The van der Waals surface area contributed by atoms with Crippen LogP contribution >= 0.6 is 12.2 Å². The van der Waals surface area contributed by atoms with Crippen molar-refractivity contribution in [1.29, 1.82) is 0 Å². The Morgan fingerprint density at radius 3 is 2.50 bits per heavy atom. The van der Waals surface area contributed by atoms with E-state index in [0.29, 0.717) is 17.9 Å². The van der Waals surface area contributed by atoms with E-state index in [0.717, 1.165) is 11.3 Å². The predicted octanol–water partition coefficient (Wildman–Crippen LogP) is 3.05. The SMILES string of the molecule is COc1ccc(COc2ccc(F)cc2C(N)=S)cc1. The summed E-state index contributed by atoms with van der Waals surface area (Å²) in [7, 11) is 1.61. The maximum absolute atomic E-state index is 13.2. The fraction of sp³-hybridized carbons (Fsp3) is 0.133. The van der Waals surface area contributed by atoms with Crippen molar-refractivity contribution in [3.63, 3.8) is 0 Å². The molecule has 0 aliphatic carbocycles. The molecule has 0 spiro atoms. The van der Waals surface area contributed by atoms with Gasteiger partial charge >= 0.3 is 0 Å². The van der Waals surface area contributed by atoms with Crippen molar-refractivity contribution in [3.05, 3.63) is 59.4 Å². The molecule has 2 aromatic rings. The molecule has 20 heavy (non-hydrogen) atoms. The lowest BCUT2D eigenvalue weighted by Gasteiger charge is -2.11. The van der Waals surface area contributed by atoms with Crippen LogP contribution in [0.3, 0.4) is 0 Å². The number of halogens is 1. The van der Waals surface area contributed by atoms with Crippen LogP contribution in [0.15, 0.2) is 42.5 Å². The summed E-state index contributed by atoms with van der Waals surface area (Å²) in [6.07, 6.45) is 0. The third-order valence-corrected chi connectivity index (χ3v) is 2.98. The molecule has 0 aliphatic heterocycles. The molecule has 2 N–H and O–H groups in total. The van der Waals surface area contributed by atoms with Crippen LogP contribution < -0.4 is 15.2 Å². The lowest BCUT2D eigenvalue weighted by atomic mass is 10.2. The molecule has 0 unspecified atom stereocenters. The van der Waals surface area contributed by atoms with E-state index < -0.39 is 5.82 Å². The molecule has 0 atom stereocenters. The third-order valence-electron chi connectivity index (χ3n) is 2.76. The van der Waals surface area contributed by atoms with Crippen LogP contribution in [0.2, 0.25) is 0 Å². The van der Waals surface area contributed by atoms with Crippen LogP contribution in [-0.4, -0.2) is 12.1 Å². The van der Waals surface area contributed by atoms with E-state index in [1.54, 1.807) is 7.11 Å². The highest BCUT2D eigenvalue weighted by molar-refractivity contribution is 7.80. The monoisotopic (exact) mass is 291 g/mol. The van der Waals surface area contributed by atoms with E-state index in [-0.39, 0.29) is 4.99 Å². The van der Waals surface area contributed by atoms with E-state index in [4.69, 9.17) is 27.4 Å². The van der Waals surface area contributed by atoms with Gasteiger partial charge in [-0.3, -0.25) is 0 Å². The topological polar surface area (TPSA) is 44.5 Å². The molecule has 2 rings (SSSR count). The van der Waals surface area contributed by atoms with Gasteiger partial charge in [0.25, 0.3) is 0 Å². The van der Waals surface area contributed by atoms with Crippen LogP contribution in [0, 0.1) is 5.82 Å². The number of methoxy groups -OCH3 is 1. The van der Waals surface area contributed by atoms with Gasteiger partial charge in [0.05, 0.1) is 12.7 Å². The van der Waals surface area contributed by atoms with Gasteiger partial charge in [0.2, 0.25) is 0 Å². The molecule has 0 fully saturated rings. The summed E-state index contributed by atoms with van der Waals surface area (Å²) >= 11 is 4.89. The van der Waals surface area contributed by atoms with E-state index in [1.165, 1.54) is 18.2 Å². The molecular formula is C15H14FNO2S. The molecule has 0 amide bonds. The van der Waals surface area contributed by atoms with Gasteiger partial charge < -0.3 is 15.2 Å². The van der Waals surface area contributed by atoms with Gasteiger partial charge in [0.15, 0.2) is 0 Å². The smallest absolute Gasteiger partial charge is 0.130 e. The lowest BCUT2D eigenvalue weighted by Crippen LogP contribution is -2.12. The average molecular weight is 291 g/mol. The molecule has 0 saturated heterocycles. The molecule has 0 heterocycles. The minimum Gasteiger partial charge on any atom is -0.497 e. The van der Waals surface area contributed by atoms with E-state index in [9.17, 15) is 4.39 Å². The first-order valence-corrected chi connectivity index (χ1v) is 6.36. The third kappa shape index (κ3) is 3.45. The van der Waals surface area contributed by atoms with Gasteiger partial charge in [0.1, 0.15) is 28.9 Å². The number of thiocarbonyl (C=S) groups is 1. The lowest BCUT2D eigenvalue weighted by molar-refractivity contribution is 0.305. The van der Waals surface area contributed by atoms with Crippen LogP contribution in [0.25, 0.3) is 0 Å². The maximum atomic E-state index is 13.2. The standard InChI is InChI=1S/C15H14FNO2S/c1-18-12-5-2-10(3-6-12)9-19-14-7-4-11(16)8-13(14)15(17)20/h2-8H,9H2,1H3,(H2,17,20). The van der Waals surface area contributed by atoms with Crippen LogP contribution in [-0.2, 0) is 6.61 Å². The van der Waals surface area contributed by atoms with Gasteiger partial charge in [-0.2, -0.15) is 0 Å². The summed E-state index contributed by atoms with van der Waals surface area (Å²) in [5, 5.41) is 0. The second kappa shape index (κ2) is 6.34. The highest BCUT2D eigenvalue weighted by atomic mass is 32.1. The van der Waals surface area contributed by atoms with E-state index in [2.05, 4.69) is 0 Å². The molecule has 0 aliphatic rings. The first kappa shape index (κ1) is 14.3. The van der Waals surface area contributed by atoms with Gasteiger partial charge in [-0.1, -0.05) is 24.4 Å². The Balaban J connectivity index is 2.12. The van der Waals surface area contributed by atoms with Crippen molar-refractivity contribution >= 4 is 17.2 Å². The number of ether oxygens (including phenoxy) is 2. The second-order valence-corrected chi connectivity index (χ2v) is 4.58. The van der Waals surface area contributed by atoms with Crippen molar-refractivity contribution in [2.45, 2.75) is 6.61 Å². The summed E-state index contributed by atoms with van der Waals surface area (Å²) in [5.74, 6) is 0.846. The van der Waals surface area contributed by atoms with Crippen molar-refractivity contribution in [2.75, 3.05) is 7.11 Å². The summed E-state index contributed by atoms with van der Waals surface area (Å²) in [6, 6.07) is 11.6. The Bertz CT molecular complexity index is 614. The number of benzene rings is 2. The van der Waals surface area contributed by atoms with Crippen molar-refractivity contribution in [2.24, 2.45) is 5.73 Å².